The average Bonchev–Trinajstić information content (AvgIpc) is 3.77. The van der Waals surface area contributed by atoms with Gasteiger partial charge < -0.3 is 9.80 Å². The van der Waals surface area contributed by atoms with Crippen LogP contribution in [0.25, 0.3) is 66.6 Å². The van der Waals surface area contributed by atoms with Crippen LogP contribution in [0.5, 0.6) is 0 Å². The first-order valence-electron chi connectivity index (χ1n) is 22.6. The van der Waals surface area contributed by atoms with Gasteiger partial charge in [-0.3, -0.25) is 0 Å². The van der Waals surface area contributed by atoms with E-state index < -0.39 is 0 Å². The van der Waals surface area contributed by atoms with Gasteiger partial charge in [0, 0.05) is 59.8 Å². The van der Waals surface area contributed by atoms with Gasteiger partial charge in [0.25, 0.3) is 0 Å². The van der Waals surface area contributed by atoms with E-state index in [1.165, 1.54) is 11.7 Å². The molecule has 7 aromatic rings. The lowest BCUT2D eigenvalue weighted by molar-refractivity contribution is 0.626. The van der Waals surface area contributed by atoms with Crippen LogP contribution in [0.3, 0.4) is 0 Å². The summed E-state index contributed by atoms with van der Waals surface area (Å²) in [6.07, 6.45) is 10.2. The smallest absolute Gasteiger partial charge is 0.133 e. The third-order valence-electron chi connectivity index (χ3n) is 11.9. The molecule has 0 aliphatic heterocycles. The largest absolute Gasteiger partial charge is 0.371 e. The van der Waals surface area contributed by atoms with Gasteiger partial charge >= 0.3 is 0 Å². The third-order valence-corrected chi connectivity index (χ3v) is 12.4. The van der Waals surface area contributed by atoms with Gasteiger partial charge in [0.2, 0.25) is 0 Å². The molecule has 5 aromatic carbocycles. The summed E-state index contributed by atoms with van der Waals surface area (Å²) in [5.74, 6) is -0.450. The Bertz CT molecular complexity index is 2360. The monoisotopic (exact) mass is 838 g/mol. The molecule has 0 radical (unpaired) electrons. The molecule has 0 aliphatic carbocycles. The highest BCUT2D eigenvalue weighted by atomic mass is 32.1. The Morgan fingerprint density at radius 3 is 1.10 bits per heavy atom. The molecule has 2 aromatic heterocycles. The molecule has 0 atom stereocenters. The van der Waals surface area contributed by atoms with Crippen LogP contribution in [0.1, 0.15) is 104 Å². The Morgan fingerprint density at radius 1 is 0.443 bits per heavy atom. The highest BCUT2D eigenvalue weighted by Crippen LogP contribution is 2.43. The summed E-state index contributed by atoms with van der Waals surface area (Å²) in [4.78, 5) is 15.2. The summed E-state index contributed by atoms with van der Waals surface area (Å²) in [5, 5.41) is 0. The van der Waals surface area contributed by atoms with E-state index >= 15 is 8.78 Å². The fourth-order valence-corrected chi connectivity index (χ4v) is 8.91. The maximum atomic E-state index is 15.9. The van der Waals surface area contributed by atoms with Gasteiger partial charge in [-0.05, 0) is 97.2 Å². The number of fused-ring (bicyclic) bond motifs is 2. The molecule has 0 spiro atoms. The molecule has 9 heteroatoms. The number of benzene rings is 5. The number of rotatable bonds is 20. The van der Waals surface area contributed by atoms with Crippen molar-refractivity contribution in [1.82, 2.24) is 18.7 Å². The summed E-state index contributed by atoms with van der Waals surface area (Å²) in [6.45, 7) is 16.7. The zero-order valence-corrected chi connectivity index (χ0v) is 37.6. The van der Waals surface area contributed by atoms with Gasteiger partial charge in [-0.2, -0.15) is 8.75 Å². The van der Waals surface area contributed by atoms with Gasteiger partial charge in [0.05, 0.1) is 34.1 Å². The predicted molar refractivity (Wildman–Crippen MR) is 255 cm³/mol. The zero-order valence-electron chi connectivity index (χ0n) is 36.8. The Labute approximate surface area is 365 Å². The van der Waals surface area contributed by atoms with Crippen molar-refractivity contribution >= 4 is 45.2 Å². The zero-order chi connectivity index (χ0) is 42.9. The van der Waals surface area contributed by atoms with E-state index in [2.05, 4.69) is 63.5 Å². The van der Waals surface area contributed by atoms with E-state index in [0.29, 0.717) is 11.1 Å². The van der Waals surface area contributed by atoms with Crippen molar-refractivity contribution in [3.63, 3.8) is 0 Å². The minimum atomic E-state index is -0.225. The second-order valence-corrected chi connectivity index (χ2v) is 16.6. The van der Waals surface area contributed by atoms with Crippen molar-refractivity contribution in [2.24, 2.45) is 0 Å². The molecule has 0 saturated heterocycles. The standard InChI is InChI=1S/C52H60F2N6S/c1-7-13-29-59(30-14-8-2)39-25-27-41(43(53)33-39)35-17-21-37(22-18-35)47-49-50(56-46(12-6)45(11-5)55-49)48(52-51(47)57-61-58-52)38-23-19-36(20-24-38)42-28-26-40(34-44(42)54)60(31-15-9-3)32-16-10-4/h17-28,33-34H,7-16,29-32H2,1-6H3. The summed E-state index contributed by atoms with van der Waals surface area (Å²) < 4.78 is 41.5. The van der Waals surface area contributed by atoms with E-state index in [1.54, 1.807) is 12.1 Å². The highest BCUT2D eigenvalue weighted by Gasteiger charge is 2.24. The summed E-state index contributed by atoms with van der Waals surface area (Å²) >= 11 is 1.17. The third kappa shape index (κ3) is 9.47. The number of hydrogen-bond donors (Lipinski definition) is 0. The van der Waals surface area contributed by atoms with Crippen molar-refractivity contribution in [2.45, 2.75) is 106 Å². The number of hydrogen-bond acceptors (Lipinski definition) is 7. The Kier molecular flexibility index (Phi) is 14.7. The minimum absolute atomic E-state index is 0.225. The van der Waals surface area contributed by atoms with E-state index in [1.807, 2.05) is 60.7 Å². The number of nitrogens with zero attached hydrogens (tertiary/aromatic N) is 6. The lowest BCUT2D eigenvalue weighted by atomic mass is 9.92. The molecular formula is C52H60F2N6S. The fourth-order valence-electron chi connectivity index (χ4n) is 8.35. The normalized spacial score (nSPS) is 11.5. The average molecular weight is 839 g/mol. The second kappa shape index (κ2) is 20.5. The SMILES string of the molecule is CCCCN(CCCC)c1ccc(-c2ccc(-c3c4nsnc4c(-c4ccc(-c5ccc(N(CCCC)CCCC)cc5F)cc4)c4nc(CC)c(CC)nc34)cc2)c(F)c1. The van der Waals surface area contributed by atoms with Gasteiger partial charge in [-0.1, -0.05) is 116 Å². The number of anilines is 2. The Morgan fingerprint density at radius 2 is 0.787 bits per heavy atom. The van der Waals surface area contributed by atoms with Crippen LogP contribution < -0.4 is 9.80 Å². The van der Waals surface area contributed by atoms with Crippen LogP contribution in [0, 0.1) is 11.6 Å². The number of aromatic nitrogens is 4. The topological polar surface area (TPSA) is 58.0 Å². The lowest BCUT2D eigenvalue weighted by Gasteiger charge is -2.25. The maximum absolute atomic E-state index is 15.9. The van der Waals surface area contributed by atoms with Crippen molar-refractivity contribution in [1.29, 1.82) is 0 Å². The molecule has 2 heterocycles. The summed E-state index contributed by atoms with van der Waals surface area (Å²) in [7, 11) is 0. The van der Waals surface area contributed by atoms with E-state index in [-0.39, 0.29) is 11.6 Å². The van der Waals surface area contributed by atoms with E-state index in [0.717, 1.165) is 169 Å². The first-order valence-corrected chi connectivity index (χ1v) is 23.3. The quantitative estimate of drug-likeness (QED) is 0.0762. The van der Waals surface area contributed by atoms with Gasteiger partial charge in [-0.15, -0.1) is 0 Å². The second-order valence-electron chi connectivity index (χ2n) is 16.1. The Hall–Kier alpha value is -5.28. The molecule has 7 rings (SSSR count). The van der Waals surface area contributed by atoms with Crippen LogP contribution in [0.4, 0.5) is 20.2 Å². The summed E-state index contributed by atoms with van der Waals surface area (Å²) in [5.41, 5.74) is 13.1. The summed E-state index contributed by atoms with van der Waals surface area (Å²) in [6, 6.07) is 27.4. The Balaban J connectivity index is 1.26. The van der Waals surface area contributed by atoms with Crippen molar-refractivity contribution in [3.05, 3.63) is 108 Å². The van der Waals surface area contributed by atoms with Gasteiger partial charge in [0.15, 0.2) is 0 Å². The van der Waals surface area contributed by atoms with Crippen molar-refractivity contribution < 1.29 is 8.78 Å². The molecule has 0 N–H and O–H groups in total. The van der Waals surface area contributed by atoms with E-state index in [9.17, 15) is 0 Å². The molecule has 0 aliphatic rings. The van der Waals surface area contributed by atoms with Crippen molar-refractivity contribution in [3.8, 4) is 44.5 Å². The molecule has 0 amide bonds. The predicted octanol–water partition coefficient (Wildman–Crippen LogP) is 14.5. The maximum Gasteiger partial charge on any atom is 0.133 e. The first kappa shape index (κ1) is 43.8. The van der Waals surface area contributed by atoms with Crippen LogP contribution in [0.2, 0.25) is 0 Å². The molecule has 0 unspecified atom stereocenters. The number of aryl methyl sites for hydroxylation is 2. The lowest BCUT2D eigenvalue weighted by Crippen LogP contribution is -2.25. The fraction of sp³-hybridized carbons (Fsp3) is 0.385. The molecule has 0 bridgehead atoms. The van der Waals surface area contributed by atoms with Crippen LogP contribution in [-0.4, -0.2) is 44.9 Å². The van der Waals surface area contributed by atoms with Crippen LogP contribution in [0.15, 0.2) is 84.9 Å². The number of halogens is 2. The molecule has 318 valence electrons. The number of unbranched alkanes of at least 4 members (excludes halogenated alkanes) is 4. The van der Waals surface area contributed by atoms with Crippen molar-refractivity contribution in [2.75, 3.05) is 36.0 Å². The first-order chi connectivity index (χ1) is 29.8. The molecule has 0 saturated carbocycles. The minimum Gasteiger partial charge on any atom is -0.371 e. The molecular weight excluding hydrogens is 779 g/mol. The molecule has 61 heavy (non-hydrogen) atoms. The van der Waals surface area contributed by atoms with Crippen LogP contribution in [-0.2, 0) is 12.8 Å². The highest BCUT2D eigenvalue weighted by molar-refractivity contribution is 7.00. The molecule has 6 nitrogen and oxygen atoms in total. The van der Waals surface area contributed by atoms with Gasteiger partial charge in [0.1, 0.15) is 22.7 Å². The molecule has 0 fully saturated rings. The van der Waals surface area contributed by atoms with Crippen LogP contribution >= 0.6 is 11.7 Å². The van der Waals surface area contributed by atoms with E-state index in [4.69, 9.17) is 18.7 Å². The van der Waals surface area contributed by atoms with Gasteiger partial charge in [-0.25, -0.2) is 18.7 Å².